The maximum atomic E-state index is 12.1. The Morgan fingerprint density at radius 2 is 1.94 bits per heavy atom. The number of carbonyl (C=O) groups is 1. The average Bonchev–Trinajstić information content (AvgIpc) is 2.70. The summed E-state index contributed by atoms with van der Waals surface area (Å²) in [5, 5.41) is 0. The zero-order chi connectivity index (χ0) is 13.1. The van der Waals surface area contributed by atoms with E-state index in [-0.39, 0.29) is 5.78 Å². The standard InChI is InChI=1S/C13H12Br2N2O/c1-17-5-4-16-13(17)3-2-12(18)9-6-10(14)8-11(15)7-9/h4-8H,2-3H2,1H3. The first kappa shape index (κ1) is 13.5. The number of benzene rings is 1. The number of halogens is 2. The van der Waals surface area contributed by atoms with E-state index < -0.39 is 0 Å². The van der Waals surface area contributed by atoms with Crippen LogP contribution in [0.15, 0.2) is 39.5 Å². The lowest BCUT2D eigenvalue weighted by Gasteiger charge is -2.03. The van der Waals surface area contributed by atoms with Gasteiger partial charge in [0.15, 0.2) is 5.78 Å². The smallest absolute Gasteiger partial charge is 0.163 e. The summed E-state index contributed by atoms with van der Waals surface area (Å²) >= 11 is 6.77. The third kappa shape index (κ3) is 3.29. The van der Waals surface area contributed by atoms with Crippen molar-refractivity contribution in [3.05, 3.63) is 50.9 Å². The van der Waals surface area contributed by atoms with Crippen LogP contribution in [0, 0.1) is 0 Å². The third-order valence-corrected chi connectivity index (χ3v) is 3.60. The van der Waals surface area contributed by atoms with Crippen molar-refractivity contribution in [2.45, 2.75) is 12.8 Å². The van der Waals surface area contributed by atoms with Crippen LogP contribution in [0.2, 0.25) is 0 Å². The molecule has 0 N–H and O–H groups in total. The number of imidazole rings is 1. The predicted octanol–water partition coefficient (Wildman–Crippen LogP) is 3.76. The Labute approximate surface area is 122 Å². The Hall–Kier alpha value is -0.940. The highest BCUT2D eigenvalue weighted by Crippen LogP contribution is 2.21. The van der Waals surface area contributed by atoms with Crippen LogP contribution < -0.4 is 0 Å². The van der Waals surface area contributed by atoms with Crippen LogP contribution >= 0.6 is 31.9 Å². The van der Waals surface area contributed by atoms with E-state index in [2.05, 4.69) is 36.8 Å². The number of hydrogen-bond donors (Lipinski definition) is 0. The van der Waals surface area contributed by atoms with Gasteiger partial charge in [0, 0.05) is 46.8 Å². The highest BCUT2D eigenvalue weighted by molar-refractivity contribution is 9.11. The second kappa shape index (κ2) is 5.80. The van der Waals surface area contributed by atoms with Gasteiger partial charge in [0.2, 0.25) is 0 Å². The molecular formula is C13H12Br2N2O. The van der Waals surface area contributed by atoms with Gasteiger partial charge in [-0.3, -0.25) is 4.79 Å². The summed E-state index contributed by atoms with van der Waals surface area (Å²) in [4.78, 5) is 16.3. The lowest BCUT2D eigenvalue weighted by molar-refractivity contribution is 0.0982. The summed E-state index contributed by atoms with van der Waals surface area (Å²) in [7, 11) is 1.93. The van der Waals surface area contributed by atoms with Crippen LogP contribution in [0.4, 0.5) is 0 Å². The zero-order valence-electron chi connectivity index (χ0n) is 9.86. The second-order valence-electron chi connectivity index (χ2n) is 4.04. The van der Waals surface area contributed by atoms with Crippen molar-refractivity contribution in [2.75, 3.05) is 0 Å². The van der Waals surface area contributed by atoms with Crippen molar-refractivity contribution < 1.29 is 4.79 Å². The summed E-state index contributed by atoms with van der Waals surface area (Å²) < 4.78 is 3.74. The maximum Gasteiger partial charge on any atom is 0.163 e. The van der Waals surface area contributed by atoms with Gasteiger partial charge in [-0.25, -0.2) is 4.98 Å². The van der Waals surface area contributed by atoms with Crippen LogP contribution in [-0.4, -0.2) is 15.3 Å². The third-order valence-electron chi connectivity index (χ3n) is 2.68. The van der Waals surface area contributed by atoms with Crippen molar-refractivity contribution >= 4 is 37.6 Å². The van der Waals surface area contributed by atoms with E-state index in [1.807, 2.05) is 36.0 Å². The monoisotopic (exact) mass is 370 g/mol. The molecule has 0 aliphatic heterocycles. The molecule has 0 aliphatic carbocycles. The number of carbonyl (C=O) groups excluding carboxylic acids is 1. The maximum absolute atomic E-state index is 12.1. The molecule has 2 rings (SSSR count). The molecule has 0 unspecified atom stereocenters. The number of rotatable bonds is 4. The van der Waals surface area contributed by atoms with Crippen LogP contribution in [0.25, 0.3) is 0 Å². The van der Waals surface area contributed by atoms with E-state index in [9.17, 15) is 4.79 Å². The molecule has 0 spiro atoms. The molecule has 0 saturated carbocycles. The number of nitrogens with zero attached hydrogens (tertiary/aromatic N) is 2. The van der Waals surface area contributed by atoms with Crippen LogP contribution in [0.1, 0.15) is 22.6 Å². The second-order valence-corrected chi connectivity index (χ2v) is 5.87. The fourth-order valence-electron chi connectivity index (χ4n) is 1.72. The van der Waals surface area contributed by atoms with Gasteiger partial charge in [0.05, 0.1) is 0 Å². The molecule has 0 bridgehead atoms. The van der Waals surface area contributed by atoms with E-state index >= 15 is 0 Å². The van der Waals surface area contributed by atoms with Gasteiger partial charge in [0.1, 0.15) is 5.82 Å². The quantitative estimate of drug-likeness (QED) is 0.767. The fourth-order valence-corrected chi connectivity index (χ4v) is 3.02. The predicted molar refractivity (Wildman–Crippen MR) is 77.7 cm³/mol. The van der Waals surface area contributed by atoms with Crippen molar-refractivity contribution in [3.8, 4) is 0 Å². The number of aryl methyl sites for hydroxylation is 2. The molecular weight excluding hydrogens is 360 g/mol. The lowest BCUT2D eigenvalue weighted by Crippen LogP contribution is -2.04. The van der Waals surface area contributed by atoms with Crippen molar-refractivity contribution in [1.29, 1.82) is 0 Å². The van der Waals surface area contributed by atoms with Crippen molar-refractivity contribution in [1.82, 2.24) is 9.55 Å². The van der Waals surface area contributed by atoms with E-state index in [0.29, 0.717) is 18.4 Å². The van der Waals surface area contributed by atoms with E-state index in [1.165, 1.54) is 0 Å². The molecule has 0 atom stereocenters. The topological polar surface area (TPSA) is 34.9 Å². The molecule has 0 aliphatic rings. The molecule has 0 fully saturated rings. The van der Waals surface area contributed by atoms with E-state index in [1.54, 1.807) is 6.20 Å². The van der Waals surface area contributed by atoms with Gasteiger partial charge < -0.3 is 4.57 Å². The average molecular weight is 372 g/mol. The fraction of sp³-hybridized carbons (Fsp3) is 0.231. The Bertz CT molecular complexity index is 558. The van der Waals surface area contributed by atoms with Gasteiger partial charge in [-0.05, 0) is 18.2 Å². The minimum Gasteiger partial charge on any atom is -0.338 e. The number of hydrogen-bond acceptors (Lipinski definition) is 2. The molecule has 2 aromatic rings. The van der Waals surface area contributed by atoms with Gasteiger partial charge in [-0.1, -0.05) is 31.9 Å². The summed E-state index contributed by atoms with van der Waals surface area (Å²) in [5.41, 5.74) is 0.713. The number of ketones is 1. The molecule has 1 aromatic carbocycles. The van der Waals surface area contributed by atoms with Crippen molar-refractivity contribution in [3.63, 3.8) is 0 Å². The van der Waals surface area contributed by atoms with Gasteiger partial charge in [0.25, 0.3) is 0 Å². The first-order valence-corrected chi connectivity index (χ1v) is 7.10. The Balaban J connectivity index is 2.06. The summed E-state index contributed by atoms with van der Waals surface area (Å²) in [5.74, 6) is 1.05. The zero-order valence-corrected chi connectivity index (χ0v) is 13.0. The molecule has 1 aromatic heterocycles. The molecule has 18 heavy (non-hydrogen) atoms. The Kier molecular flexibility index (Phi) is 4.35. The first-order chi connectivity index (χ1) is 8.56. The molecule has 0 amide bonds. The largest absolute Gasteiger partial charge is 0.338 e. The van der Waals surface area contributed by atoms with E-state index in [4.69, 9.17) is 0 Å². The van der Waals surface area contributed by atoms with E-state index in [0.717, 1.165) is 14.8 Å². The molecule has 3 nitrogen and oxygen atoms in total. The van der Waals surface area contributed by atoms with Crippen LogP contribution in [-0.2, 0) is 13.5 Å². The van der Waals surface area contributed by atoms with Crippen LogP contribution in [0.3, 0.4) is 0 Å². The molecule has 0 radical (unpaired) electrons. The summed E-state index contributed by atoms with van der Waals surface area (Å²) in [6.45, 7) is 0. The van der Waals surface area contributed by atoms with Gasteiger partial charge in [-0.15, -0.1) is 0 Å². The minimum absolute atomic E-state index is 0.125. The summed E-state index contributed by atoms with van der Waals surface area (Å²) in [6, 6.07) is 5.59. The van der Waals surface area contributed by atoms with Gasteiger partial charge >= 0.3 is 0 Å². The SMILES string of the molecule is Cn1ccnc1CCC(=O)c1cc(Br)cc(Br)c1. The minimum atomic E-state index is 0.125. The lowest BCUT2D eigenvalue weighted by atomic mass is 10.1. The molecule has 94 valence electrons. The van der Waals surface area contributed by atoms with Gasteiger partial charge in [-0.2, -0.15) is 0 Å². The normalized spacial score (nSPS) is 10.6. The summed E-state index contributed by atoms with van der Waals surface area (Å²) in [6.07, 6.45) is 4.76. The van der Waals surface area contributed by atoms with Crippen molar-refractivity contribution in [2.24, 2.45) is 7.05 Å². The molecule has 5 heteroatoms. The van der Waals surface area contributed by atoms with Crippen LogP contribution in [0.5, 0.6) is 0 Å². The number of Topliss-reactive ketones (excluding diaryl/α,β-unsaturated/α-hetero) is 1. The highest BCUT2D eigenvalue weighted by atomic mass is 79.9. The number of aromatic nitrogens is 2. The Morgan fingerprint density at radius 1 is 1.28 bits per heavy atom. The highest BCUT2D eigenvalue weighted by Gasteiger charge is 2.09. The first-order valence-electron chi connectivity index (χ1n) is 5.52. The molecule has 0 saturated heterocycles. The molecule has 1 heterocycles. The Morgan fingerprint density at radius 3 is 2.50 bits per heavy atom.